The molecule has 0 spiro atoms. The highest BCUT2D eigenvalue weighted by atomic mass is 16.6. The molecule has 0 saturated heterocycles. The van der Waals surface area contributed by atoms with Crippen LogP contribution >= 0.6 is 0 Å². The molecule has 0 unspecified atom stereocenters. The van der Waals surface area contributed by atoms with Crippen LogP contribution in [-0.2, 0) is 15.1 Å². The summed E-state index contributed by atoms with van der Waals surface area (Å²) in [4.78, 5) is 25.2. The molecule has 0 radical (unpaired) electrons. The van der Waals surface area contributed by atoms with E-state index in [2.05, 4.69) is 4.98 Å². The third kappa shape index (κ3) is 1.36. The standard InChI is InChI=1S/C9H11N3O4/c1-16-8(13)9(3-2-4-9)11-5-7(10-6-11)12(14)15/h5-6H,2-4H2,1H3. The van der Waals surface area contributed by atoms with Gasteiger partial charge in [0.15, 0.2) is 0 Å². The van der Waals surface area contributed by atoms with Gasteiger partial charge in [-0.1, -0.05) is 0 Å². The van der Waals surface area contributed by atoms with E-state index in [-0.39, 0.29) is 11.8 Å². The Balaban J connectivity index is 2.33. The SMILES string of the molecule is COC(=O)C1(n2cnc([N+](=O)[O-])c2)CCC1. The van der Waals surface area contributed by atoms with E-state index in [0.717, 1.165) is 6.42 Å². The van der Waals surface area contributed by atoms with Crippen molar-refractivity contribution in [3.63, 3.8) is 0 Å². The molecule has 0 aliphatic heterocycles. The number of carbonyl (C=O) groups excluding carboxylic acids is 1. The van der Waals surface area contributed by atoms with E-state index < -0.39 is 10.5 Å². The van der Waals surface area contributed by atoms with Crippen LogP contribution in [0.1, 0.15) is 19.3 Å². The molecular formula is C9H11N3O4. The summed E-state index contributed by atoms with van der Waals surface area (Å²) in [5.41, 5.74) is -0.782. The van der Waals surface area contributed by atoms with Gasteiger partial charge in [-0.05, 0) is 29.2 Å². The van der Waals surface area contributed by atoms with Crippen LogP contribution in [0.15, 0.2) is 12.5 Å². The van der Waals surface area contributed by atoms with Gasteiger partial charge in [-0.25, -0.2) is 4.79 Å². The van der Waals surface area contributed by atoms with E-state index in [1.807, 2.05) is 0 Å². The average Bonchev–Trinajstić information content (AvgIpc) is 2.65. The lowest BCUT2D eigenvalue weighted by Gasteiger charge is -2.38. The van der Waals surface area contributed by atoms with Crippen LogP contribution in [0, 0.1) is 10.1 Å². The van der Waals surface area contributed by atoms with Crippen molar-refractivity contribution in [2.45, 2.75) is 24.8 Å². The fraction of sp³-hybridized carbons (Fsp3) is 0.556. The van der Waals surface area contributed by atoms with Crippen molar-refractivity contribution in [3.8, 4) is 0 Å². The molecule has 1 aliphatic carbocycles. The predicted molar refractivity (Wildman–Crippen MR) is 52.7 cm³/mol. The molecule has 1 fully saturated rings. The first-order chi connectivity index (χ1) is 7.60. The Morgan fingerprint density at radius 2 is 2.38 bits per heavy atom. The largest absolute Gasteiger partial charge is 0.467 e. The van der Waals surface area contributed by atoms with Gasteiger partial charge in [0.1, 0.15) is 11.7 Å². The molecule has 1 aromatic heterocycles. The van der Waals surface area contributed by atoms with Gasteiger partial charge >= 0.3 is 11.8 Å². The minimum absolute atomic E-state index is 0.254. The first-order valence-corrected chi connectivity index (χ1v) is 4.87. The van der Waals surface area contributed by atoms with Gasteiger partial charge in [-0.3, -0.25) is 4.57 Å². The zero-order valence-corrected chi connectivity index (χ0v) is 8.75. The number of esters is 1. The minimum Gasteiger partial charge on any atom is -0.467 e. The number of nitrogens with zero attached hydrogens (tertiary/aromatic N) is 3. The second-order valence-electron chi connectivity index (χ2n) is 3.77. The summed E-state index contributed by atoms with van der Waals surface area (Å²) in [6.45, 7) is 0. The Labute approximate surface area is 91.2 Å². The Hall–Kier alpha value is -1.92. The topological polar surface area (TPSA) is 87.3 Å². The molecule has 1 aliphatic rings. The van der Waals surface area contributed by atoms with E-state index in [1.54, 1.807) is 0 Å². The first kappa shape index (κ1) is 10.6. The van der Waals surface area contributed by atoms with Crippen molar-refractivity contribution in [2.75, 3.05) is 7.11 Å². The third-order valence-electron chi connectivity index (χ3n) is 3.00. The lowest BCUT2D eigenvalue weighted by Crippen LogP contribution is -2.47. The molecule has 0 N–H and O–H groups in total. The smallest absolute Gasteiger partial charge is 0.381 e. The van der Waals surface area contributed by atoms with Crippen molar-refractivity contribution in [3.05, 3.63) is 22.6 Å². The molecule has 7 heteroatoms. The van der Waals surface area contributed by atoms with Crippen LogP contribution in [-0.4, -0.2) is 27.6 Å². The fourth-order valence-electron chi connectivity index (χ4n) is 1.91. The second-order valence-corrected chi connectivity index (χ2v) is 3.77. The Bertz CT molecular complexity index is 436. The zero-order valence-electron chi connectivity index (χ0n) is 8.75. The van der Waals surface area contributed by atoms with Crippen LogP contribution < -0.4 is 0 Å². The summed E-state index contributed by atoms with van der Waals surface area (Å²) < 4.78 is 6.21. The quantitative estimate of drug-likeness (QED) is 0.432. The van der Waals surface area contributed by atoms with E-state index in [1.165, 1.54) is 24.2 Å². The minimum atomic E-state index is -0.782. The maximum Gasteiger partial charge on any atom is 0.381 e. The first-order valence-electron chi connectivity index (χ1n) is 4.87. The number of nitro groups is 1. The van der Waals surface area contributed by atoms with Crippen LogP contribution in [0.3, 0.4) is 0 Å². The van der Waals surface area contributed by atoms with Crippen molar-refractivity contribution >= 4 is 11.8 Å². The molecule has 1 heterocycles. The highest BCUT2D eigenvalue weighted by Crippen LogP contribution is 2.40. The maximum atomic E-state index is 11.7. The van der Waals surface area contributed by atoms with Crippen molar-refractivity contribution < 1.29 is 14.5 Å². The molecule has 0 atom stereocenters. The predicted octanol–water partition coefficient (Wildman–Crippen LogP) is 0.844. The average molecular weight is 225 g/mol. The van der Waals surface area contributed by atoms with E-state index in [0.29, 0.717) is 12.8 Å². The fourth-order valence-corrected chi connectivity index (χ4v) is 1.91. The molecular weight excluding hydrogens is 214 g/mol. The third-order valence-corrected chi connectivity index (χ3v) is 3.00. The van der Waals surface area contributed by atoms with Gasteiger partial charge in [0.05, 0.1) is 7.11 Å². The number of rotatable bonds is 3. The van der Waals surface area contributed by atoms with Crippen LogP contribution in [0.2, 0.25) is 0 Å². The highest BCUT2D eigenvalue weighted by molar-refractivity contribution is 5.79. The van der Waals surface area contributed by atoms with Crippen LogP contribution in [0.5, 0.6) is 0 Å². The number of carbonyl (C=O) groups is 1. The molecule has 0 aromatic carbocycles. The van der Waals surface area contributed by atoms with Crippen molar-refractivity contribution in [2.24, 2.45) is 0 Å². The Morgan fingerprint density at radius 1 is 1.69 bits per heavy atom. The van der Waals surface area contributed by atoms with E-state index in [4.69, 9.17) is 4.74 Å². The van der Waals surface area contributed by atoms with Crippen LogP contribution in [0.25, 0.3) is 0 Å². The number of ether oxygens (including phenoxy) is 1. The molecule has 7 nitrogen and oxygen atoms in total. The van der Waals surface area contributed by atoms with Crippen LogP contribution in [0.4, 0.5) is 5.82 Å². The normalized spacial score (nSPS) is 17.6. The highest BCUT2D eigenvalue weighted by Gasteiger charge is 2.48. The maximum absolute atomic E-state index is 11.7. The van der Waals surface area contributed by atoms with Crippen molar-refractivity contribution in [1.82, 2.24) is 9.55 Å². The molecule has 0 amide bonds. The summed E-state index contributed by atoms with van der Waals surface area (Å²) in [7, 11) is 1.31. The number of aromatic nitrogens is 2. The molecule has 86 valence electrons. The monoisotopic (exact) mass is 225 g/mol. The molecule has 16 heavy (non-hydrogen) atoms. The Kier molecular flexibility index (Phi) is 2.37. The number of methoxy groups -OCH3 is 1. The molecule has 0 bridgehead atoms. The van der Waals surface area contributed by atoms with E-state index in [9.17, 15) is 14.9 Å². The molecule has 1 saturated carbocycles. The van der Waals surface area contributed by atoms with Gasteiger partial charge in [0.2, 0.25) is 6.33 Å². The molecule has 2 rings (SSSR count). The summed E-state index contributed by atoms with van der Waals surface area (Å²) >= 11 is 0. The summed E-state index contributed by atoms with van der Waals surface area (Å²) in [5.74, 6) is -0.624. The van der Waals surface area contributed by atoms with Gasteiger partial charge < -0.3 is 14.9 Å². The number of hydrogen-bond donors (Lipinski definition) is 0. The van der Waals surface area contributed by atoms with Gasteiger partial charge in [0.25, 0.3) is 0 Å². The summed E-state index contributed by atoms with van der Waals surface area (Å²) in [6.07, 6.45) is 4.76. The zero-order chi connectivity index (χ0) is 11.8. The number of hydrogen-bond acceptors (Lipinski definition) is 5. The van der Waals surface area contributed by atoms with Gasteiger partial charge in [-0.15, -0.1) is 0 Å². The Morgan fingerprint density at radius 3 is 2.75 bits per heavy atom. The van der Waals surface area contributed by atoms with E-state index >= 15 is 0 Å². The lowest BCUT2D eigenvalue weighted by molar-refractivity contribution is -0.389. The molecule has 1 aromatic rings. The second kappa shape index (κ2) is 3.58. The summed E-state index contributed by atoms with van der Waals surface area (Å²) in [5, 5.41) is 10.5. The van der Waals surface area contributed by atoms with Gasteiger partial charge in [-0.2, -0.15) is 0 Å². The lowest BCUT2D eigenvalue weighted by atomic mass is 9.76. The van der Waals surface area contributed by atoms with Gasteiger partial charge in [0, 0.05) is 0 Å². The summed E-state index contributed by atoms with van der Waals surface area (Å²) in [6, 6.07) is 0. The number of imidazole rings is 1. The van der Waals surface area contributed by atoms with Crippen molar-refractivity contribution in [1.29, 1.82) is 0 Å².